The fourth-order valence-corrected chi connectivity index (χ4v) is 3.71. The number of hydrogen-bond acceptors (Lipinski definition) is 3. The molecule has 0 spiro atoms. The molecule has 0 atom stereocenters. The van der Waals surface area contributed by atoms with Crippen molar-refractivity contribution in [1.29, 1.82) is 0 Å². The summed E-state index contributed by atoms with van der Waals surface area (Å²) in [6, 6.07) is 19.5. The number of para-hydroxylation sites is 1. The topological polar surface area (TPSA) is 36.4 Å². The SMILES string of the molecule is CN(c1ccc(-c2cnc3ccccc3c2)cc1)C1CCN(C=O)CC1. The van der Waals surface area contributed by atoms with Crippen LogP contribution in [0.5, 0.6) is 0 Å². The predicted molar refractivity (Wildman–Crippen MR) is 106 cm³/mol. The highest BCUT2D eigenvalue weighted by molar-refractivity contribution is 5.83. The van der Waals surface area contributed by atoms with Crippen LogP contribution in [-0.4, -0.2) is 42.5 Å². The molecule has 2 heterocycles. The molecule has 4 nitrogen and oxygen atoms in total. The lowest BCUT2D eigenvalue weighted by atomic mass is 10.0. The van der Waals surface area contributed by atoms with Crippen molar-refractivity contribution in [3.63, 3.8) is 0 Å². The van der Waals surface area contributed by atoms with Gasteiger partial charge in [0.15, 0.2) is 0 Å². The number of piperidine rings is 1. The van der Waals surface area contributed by atoms with Crippen LogP contribution in [0.15, 0.2) is 60.8 Å². The predicted octanol–water partition coefficient (Wildman–Crippen LogP) is 3.96. The minimum atomic E-state index is 0.486. The van der Waals surface area contributed by atoms with Crippen LogP contribution in [0.4, 0.5) is 5.69 Å². The first-order valence-corrected chi connectivity index (χ1v) is 9.12. The molecule has 0 N–H and O–H groups in total. The maximum absolute atomic E-state index is 10.9. The van der Waals surface area contributed by atoms with Gasteiger partial charge < -0.3 is 9.80 Å². The molecular weight excluding hydrogens is 322 g/mol. The van der Waals surface area contributed by atoms with Crippen LogP contribution in [0.2, 0.25) is 0 Å². The number of amides is 1. The van der Waals surface area contributed by atoms with Crippen molar-refractivity contribution in [3.05, 3.63) is 60.8 Å². The standard InChI is InChI=1S/C22H23N3O/c1-24(21-10-12-25(16-26)13-11-21)20-8-6-17(7-9-20)19-14-18-4-2-3-5-22(18)23-15-19/h2-9,14-16,21H,10-13H2,1H3. The van der Waals surface area contributed by atoms with Gasteiger partial charge in [0, 0.05) is 49.0 Å². The highest BCUT2D eigenvalue weighted by atomic mass is 16.1. The molecule has 26 heavy (non-hydrogen) atoms. The first kappa shape index (κ1) is 16.6. The Morgan fingerprint density at radius 2 is 1.77 bits per heavy atom. The van der Waals surface area contributed by atoms with Gasteiger partial charge in [-0.1, -0.05) is 30.3 Å². The highest BCUT2D eigenvalue weighted by Gasteiger charge is 2.21. The minimum absolute atomic E-state index is 0.486. The molecule has 1 saturated heterocycles. The van der Waals surface area contributed by atoms with E-state index < -0.39 is 0 Å². The first-order chi connectivity index (χ1) is 12.7. The van der Waals surface area contributed by atoms with E-state index in [4.69, 9.17) is 0 Å². The maximum Gasteiger partial charge on any atom is 0.209 e. The number of pyridine rings is 1. The third-order valence-electron chi connectivity index (χ3n) is 5.39. The Bertz CT molecular complexity index is 899. The third kappa shape index (κ3) is 3.27. The van der Waals surface area contributed by atoms with Crippen LogP contribution in [0.3, 0.4) is 0 Å². The maximum atomic E-state index is 10.9. The van der Waals surface area contributed by atoms with Crippen LogP contribution >= 0.6 is 0 Å². The molecule has 1 amide bonds. The molecule has 1 fully saturated rings. The molecule has 1 aliphatic rings. The van der Waals surface area contributed by atoms with Crippen molar-refractivity contribution in [2.24, 2.45) is 0 Å². The van der Waals surface area contributed by atoms with Gasteiger partial charge in [0.05, 0.1) is 5.52 Å². The molecule has 0 saturated carbocycles. The molecule has 0 radical (unpaired) electrons. The normalized spacial score (nSPS) is 15.2. The van der Waals surface area contributed by atoms with Crippen molar-refractivity contribution in [1.82, 2.24) is 9.88 Å². The van der Waals surface area contributed by atoms with E-state index in [1.807, 2.05) is 29.3 Å². The molecule has 4 heteroatoms. The van der Waals surface area contributed by atoms with Crippen molar-refractivity contribution < 1.29 is 4.79 Å². The summed E-state index contributed by atoms with van der Waals surface area (Å²) in [5.41, 5.74) is 4.55. The van der Waals surface area contributed by atoms with Gasteiger partial charge in [-0.25, -0.2) is 0 Å². The molecule has 1 aliphatic heterocycles. The summed E-state index contributed by atoms with van der Waals surface area (Å²) in [7, 11) is 2.15. The molecule has 0 bridgehead atoms. The summed E-state index contributed by atoms with van der Waals surface area (Å²) in [6.45, 7) is 1.69. The molecule has 4 rings (SSSR count). The number of aromatic nitrogens is 1. The molecule has 1 aromatic heterocycles. The molecule has 2 aromatic carbocycles. The summed E-state index contributed by atoms with van der Waals surface area (Å²) in [6.07, 6.45) is 4.94. The second-order valence-corrected chi connectivity index (χ2v) is 6.95. The van der Waals surface area contributed by atoms with Crippen LogP contribution < -0.4 is 4.90 Å². The van der Waals surface area contributed by atoms with Crippen molar-refractivity contribution >= 4 is 23.0 Å². The third-order valence-corrected chi connectivity index (χ3v) is 5.39. The zero-order chi connectivity index (χ0) is 17.9. The van der Waals surface area contributed by atoms with Crippen LogP contribution in [0, 0.1) is 0 Å². The second kappa shape index (κ2) is 7.16. The number of likely N-dealkylation sites (tertiary alicyclic amines) is 1. The number of nitrogens with zero attached hydrogens (tertiary/aromatic N) is 3. The van der Waals surface area contributed by atoms with E-state index in [0.29, 0.717) is 6.04 Å². The lowest BCUT2D eigenvalue weighted by Crippen LogP contribution is -2.42. The largest absolute Gasteiger partial charge is 0.371 e. The van der Waals surface area contributed by atoms with Gasteiger partial charge in [0.1, 0.15) is 0 Å². The number of fused-ring (bicyclic) bond motifs is 1. The lowest BCUT2D eigenvalue weighted by molar-refractivity contribution is -0.119. The molecular formula is C22H23N3O. The van der Waals surface area contributed by atoms with Crippen LogP contribution in [0.25, 0.3) is 22.0 Å². The van der Waals surface area contributed by atoms with E-state index in [9.17, 15) is 4.79 Å². The van der Waals surface area contributed by atoms with Gasteiger partial charge >= 0.3 is 0 Å². The van der Waals surface area contributed by atoms with Gasteiger partial charge in [0.25, 0.3) is 0 Å². The fraction of sp³-hybridized carbons (Fsp3) is 0.273. The number of carbonyl (C=O) groups is 1. The van der Waals surface area contributed by atoms with E-state index >= 15 is 0 Å². The Morgan fingerprint density at radius 1 is 1.04 bits per heavy atom. The molecule has 0 unspecified atom stereocenters. The van der Waals surface area contributed by atoms with Crippen molar-refractivity contribution in [2.45, 2.75) is 18.9 Å². The zero-order valence-corrected chi connectivity index (χ0v) is 15.0. The highest BCUT2D eigenvalue weighted by Crippen LogP contribution is 2.27. The number of carbonyl (C=O) groups excluding carboxylic acids is 1. The first-order valence-electron chi connectivity index (χ1n) is 9.12. The molecule has 3 aromatic rings. The number of benzene rings is 2. The van der Waals surface area contributed by atoms with Crippen LogP contribution in [0.1, 0.15) is 12.8 Å². The quantitative estimate of drug-likeness (QED) is 0.672. The van der Waals surface area contributed by atoms with Gasteiger partial charge in [-0.15, -0.1) is 0 Å². The average Bonchev–Trinajstić information content (AvgIpc) is 2.73. The van der Waals surface area contributed by atoms with E-state index in [-0.39, 0.29) is 0 Å². The Labute approximate surface area is 154 Å². The molecule has 132 valence electrons. The van der Waals surface area contributed by atoms with E-state index in [0.717, 1.165) is 48.8 Å². The number of rotatable bonds is 4. The summed E-state index contributed by atoms with van der Waals surface area (Å²) >= 11 is 0. The Morgan fingerprint density at radius 3 is 2.50 bits per heavy atom. The number of anilines is 1. The monoisotopic (exact) mass is 345 g/mol. The van der Waals surface area contributed by atoms with E-state index in [1.54, 1.807) is 0 Å². The fourth-order valence-electron chi connectivity index (χ4n) is 3.71. The average molecular weight is 345 g/mol. The van der Waals surface area contributed by atoms with Gasteiger partial charge in [-0.2, -0.15) is 0 Å². The van der Waals surface area contributed by atoms with Gasteiger partial charge in [-0.3, -0.25) is 9.78 Å². The lowest BCUT2D eigenvalue weighted by Gasteiger charge is -2.36. The van der Waals surface area contributed by atoms with Crippen LogP contribution in [-0.2, 0) is 4.79 Å². The minimum Gasteiger partial charge on any atom is -0.371 e. The van der Waals surface area contributed by atoms with Crippen molar-refractivity contribution in [3.8, 4) is 11.1 Å². The van der Waals surface area contributed by atoms with E-state index in [2.05, 4.69) is 53.3 Å². The van der Waals surface area contributed by atoms with Gasteiger partial charge in [-0.05, 0) is 42.7 Å². The summed E-state index contributed by atoms with van der Waals surface area (Å²) in [5, 5.41) is 1.16. The number of hydrogen-bond donors (Lipinski definition) is 0. The second-order valence-electron chi connectivity index (χ2n) is 6.95. The summed E-state index contributed by atoms with van der Waals surface area (Å²) < 4.78 is 0. The Hall–Kier alpha value is -2.88. The Balaban J connectivity index is 1.51. The smallest absolute Gasteiger partial charge is 0.209 e. The van der Waals surface area contributed by atoms with Gasteiger partial charge in [0.2, 0.25) is 6.41 Å². The summed E-state index contributed by atoms with van der Waals surface area (Å²) in [5.74, 6) is 0. The Kier molecular flexibility index (Phi) is 4.57. The van der Waals surface area contributed by atoms with E-state index in [1.165, 1.54) is 11.3 Å². The summed E-state index contributed by atoms with van der Waals surface area (Å²) in [4.78, 5) is 19.6. The molecule has 0 aliphatic carbocycles. The zero-order valence-electron chi connectivity index (χ0n) is 15.0. The van der Waals surface area contributed by atoms with Crippen molar-refractivity contribution in [2.75, 3.05) is 25.0 Å².